The Morgan fingerprint density at radius 3 is 2.32 bits per heavy atom. The first-order valence-corrected chi connectivity index (χ1v) is 9.12. The van der Waals surface area contributed by atoms with E-state index in [2.05, 4.69) is 45.9 Å². The summed E-state index contributed by atoms with van der Waals surface area (Å²) in [6.45, 7) is 0. The number of rotatable bonds is 3. The maximum atomic E-state index is 9.57. The summed E-state index contributed by atoms with van der Waals surface area (Å²) in [7, 11) is -1.50. The van der Waals surface area contributed by atoms with Crippen molar-refractivity contribution in [3.8, 4) is 16.8 Å². The van der Waals surface area contributed by atoms with Crippen LogP contribution in [0.2, 0.25) is 0 Å². The van der Waals surface area contributed by atoms with Crippen LogP contribution >= 0.6 is 0 Å². The number of hydrogen-bond acceptors (Lipinski definition) is 3. The lowest BCUT2D eigenvalue weighted by atomic mass is 9.80. The van der Waals surface area contributed by atoms with Gasteiger partial charge in [0.05, 0.1) is 11.0 Å². The third-order valence-electron chi connectivity index (χ3n) is 5.10. The normalized spacial score (nSPS) is 11.2. The molecule has 3 aromatic carbocycles. The zero-order valence-corrected chi connectivity index (χ0v) is 15.0. The fourth-order valence-electron chi connectivity index (χ4n) is 3.78. The summed E-state index contributed by atoms with van der Waals surface area (Å²) in [4.78, 5) is 4.27. The molecule has 2 heterocycles. The van der Waals surface area contributed by atoms with Crippen LogP contribution in [0.25, 0.3) is 38.6 Å². The summed E-state index contributed by atoms with van der Waals surface area (Å²) in [6.07, 6.45) is 3.60. The van der Waals surface area contributed by atoms with Crippen molar-refractivity contribution >= 4 is 34.4 Å². The van der Waals surface area contributed by atoms with Gasteiger partial charge in [-0.3, -0.25) is 4.98 Å². The van der Waals surface area contributed by atoms with E-state index in [1.165, 1.54) is 0 Å². The summed E-state index contributed by atoms with van der Waals surface area (Å²) >= 11 is 0. The number of pyridine rings is 1. The monoisotopic (exact) mass is 364 g/mol. The molecule has 0 saturated heterocycles. The molecule has 0 atom stereocenters. The lowest BCUT2D eigenvalue weighted by Gasteiger charge is -2.10. The van der Waals surface area contributed by atoms with Crippen LogP contribution in [0.3, 0.4) is 0 Å². The van der Waals surface area contributed by atoms with Crippen molar-refractivity contribution < 1.29 is 10.0 Å². The van der Waals surface area contributed by atoms with Crippen molar-refractivity contribution in [1.82, 2.24) is 9.55 Å². The molecule has 0 aliphatic heterocycles. The molecule has 0 aliphatic rings. The smallest absolute Gasteiger partial charge is 0.423 e. The maximum Gasteiger partial charge on any atom is 0.488 e. The van der Waals surface area contributed by atoms with Crippen LogP contribution in [0.15, 0.2) is 91.3 Å². The van der Waals surface area contributed by atoms with E-state index >= 15 is 0 Å². The molecule has 5 heteroatoms. The molecule has 134 valence electrons. The van der Waals surface area contributed by atoms with E-state index in [1.54, 1.807) is 12.3 Å². The third kappa shape index (κ3) is 2.69. The molecule has 0 fully saturated rings. The van der Waals surface area contributed by atoms with Gasteiger partial charge in [-0.2, -0.15) is 0 Å². The van der Waals surface area contributed by atoms with E-state index in [-0.39, 0.29) is 0 Å². The first-order chi connectivity index (χ1) is 13.7. The summed E-state index contributed by atoms with van der Waals surface area (Å²) < 4.78 is 2.19. The van der Waals surface area contributed by atoms with Crippen molar-refractivity contribution in [3.05, 3.63) is 91.3 Å². The summed E-state index contributed by atoms with van der Waals surface area (Å²) in [6, 6.07) is 26.2. The van der Waals surface area contributed by atoms with Gasteiger partial charge in [0.2, 0.25) is 0 Å². The average Bonchev–Trinajstić information content (AvgIpc) is 3.08. The Labute approximate surface area is 162 Å². The molecule has 0 unspecified atom stereocenters. The number of nitrogens with zero attached hydrogens (tertiary/aromatic N) is 2. The van der Waals surface area contributed by atoms with Crippen LogP contribution in [-0.2, 0) is 0 Å². The zero-order valence-electron chi connectivity index (χ0n) is 15.0. The molecule has 0 saturated carbocycles. The van der Waals surface area contributed by atoms with Gasteiger partial charge in [0.1, 0.15) is 0 Å². The first-order valence-electron chi connectivity index (χ1n) is 9.12. The van der Waals surface area contributed by atoms with Gasteiger partial charge in [-0.05, 0) is 40.9 Å². The highest BCUT2D eigenvalue weighted by Crippen LogP contribution is 2.32. The molecular weight excluding hydrogens is 347 g/mol. The summed E-state index contributed by atoms with van der Waals surface area (Å²) in [5.41, 5.74) is 5.85. The largest absolute Gasteiger partial charge is 0.488 e. The molecule has 2 N–H and O–H groups in total. The van der Waals surface area contributed by atoms with E-state index in [0.29, 0.717) is 5.46 Å². The van der Waals surface area contributed by atoms with Gasteiger partial charge in [0.15, 0.2) is 0 Å². The second-order valence-electron chi connectivity index (χ2n) is 6.79. The summed E-state index contributed by atoms with van der Waals surface area (Å²) in [5, 5.41) is 21.1. The number of fused-ring (bicyclic) bond motifs is 3. The van der Waals surface area contributed by atoms with Crippen molar-refractivity contribution in [3.63, 3.8) is 0 Å². The molecule has 2 aromatic heterocycles. The molecule has 28 heavy (non-hydrogen) atoms. The maximum absolute atomic E-state index is 9.57. The number of benzene rings is 3. The van der Waals surface area contributed by atoms with Crippen molar-refractivity contribution in [2.45, 2.75) is 0 Å². The number of aromatic nitrogens is 2. The Morgan fingerprint density at radius 1 is 0.714 bits per heavy atom. The SMILES string of the molecule is OB(O)c1ccc2c(c1)c1cnccc1n2-c1cccc(-c2ccccc2)c1. The minimum Gasteiger partial charge on any atom is -0.423 e. The van der Waals surface area contributed by atoms with E-state index in [0.717, 1.165) is 38.6 Å². The standard InChI is InChI=1S/C23H17BN2O2/c27-24(28)18-9-10-22-20(14-18)21-15-25-12-11-23(21)26(22)19-8-4-7-17(13-19)16-5-2-1-3-6-16/h1-15,27-28H. The van der Waals surface area contributed by atoms with Crippen LogP contribution in [-0.4, -0.2) is 26.7 Å². The molecule has 0 bridgehead atoms. The number of hydrogen-bond donors (Lipinski definition) is 2. The molecule has 0 radical (unpaired) electrons. The Bertz CT molecular complexity index is 1300. The quantitative estimate of drug-likeness (QED) is 0.482. The second kappa shape index (κ2) is 6.64. The minimum atomic E-state index is -1.50. The third-order valence-corrected chi connectivity index (χ3v) is 5.10. The molecule has 0 amide bonds. The predicted octanol–water partition coefficient (Wildman–Crippen LogP) is 3.53. The Balaban J connectivity index is 1.79. The fourth-order valence-corrected chi connectivity index (χ4v) is 3.78. The topological polar surface area (TPSA) is 58.3 Å². The van der Waals surface area contributed by atoms with Crippen LogP contribution in [0.4, 0.5) is 0 Å². The molecule has 4 nitrogen and oxygen atoms in total. The van der Waals surface area contributed by atoms with Crippen molar-refractivity contribution in [2.24, 2.45) is 0 Å². The van der Waals surface area contributed by atoms with Crippen LogP contribution in [0, 0.1) is 0 Å². The minimum absolute atomic E-state index is 0.466. The van der Waals surface area contributed by atoms with Gasteiger partial charge >= 0.3 is 7.12 Å². The highest BCUT2D eigenvalue weighted by Gasteiger charge is 2.17. The van der Waals surface area contributed by atoms with E-state index in [1.807, 2.05) is 42.6 Å². The molecule has 0 aliphatic carbocycles. The van der Waals surface area contributed by atoms with Gasteiger partial charge in [-0.25, -0.2) is 0 Å². The van der Waals surface area contributed by atoms with E-state index in [4.69, 9.17) is 0 Å². The van der Waals surface area contributed by atoms with Gasteiger partial charge in [0.25, 0.3) is 0 Å². The molecule has 5 aromatic rings. The zero-order chi connectivity index (χ0) is 19.1. The Hall–Kier alpha value is -3.41. The van der Waals surface area contributed by atoms with Gasteiger partial charge in [-0.1, -0.05) is 54.6 Å². The van der Waals surface area contributed by atoms with Gasteiger partial charge in [0, 0.05) is 28.9 Å². The van der Waals surface area contributed by atoms with Gasteiger partial charge in [-0.15, -0.1) is 0 Å². The highest BCUT2D eigenvalue weighted by atomic mass is 16.4. The van der Waals surface area contributed by atoms with E-state index < -0.39 is 7.12 Å². The van der Waals surface area contributed by atoms with Gasteiger partial charge < -0.3 is 14.6 Å². The predicted molar refractivity (Wildman–Crippen MR) is 114 cm³/mol. The highest BCUT2D eigenvalue weighted by molar-refractivity contribution is 6.59. The Kier molecular flexibility index (Phi) is 3.97. The molecular formula is C23H17BN2O2. The van der Waals surface area contributed by atoms with Crippen molar-refractivity contribution in [2.75, 3.05) is 0 Å². The van der Waals surface area contributed by atoms with Crippen molar-refractivity contribution in [1.29, 1.82) is 0 Å². The van der Waals surface area contributed by atoms with Crippen LogP contribution in [0.5, 0.6) is 0 Å². The van der Waals surface area contributed by atoms with Crippen LogP contribution < -0.4 is 5.46 Å². The van der Waals surface area contributed by atoms with E-state index in [9.17, 15) is 10.0 Å². The fraction of sp³-hybridized carbons (Fsp3) is 0. The summed E-state index contributed by atoms with van der Waals surface area (Å²) in [5.74, 6) is 0. The lowest BCUT2D eigenvalue weighted by molar-refractivity contribution is 0.426. The molecule has 5 rings (SSSR count). The molecule has 0 spiro atoms. The van der Waals surface area contributed by atoms with Crippen LogP contribution in [0.1, 0.15) is 0 Å². The average molecular weight is 364 g/mol. The lowest BCUT2D eigenvalue weighted by Crippen LogP contribution is -2.29. The Morgan fingerprint density at radius 2 is 1.50 bits per heavy atom. The first kappa shape index (κ1) is 16.7. The second-order valence-corrected chi connectivity index (χ2v) is 6.79.